The molecule has 2 rings (SSSR count). The van der Waals surface area contributed by atoms with Gasteiger partial charge < -0.3 is 14.4 Å². The molecule has 2 aromatic rings. The molecule has 0 aliphatic rings. The van der Waals surface area contributed by atoms with E-state index in [1.807, 2.05) is 25.3 Å². The zero-order valence-corrected chi connectivity index (χ0v) is 11.8. The second-order valence-corrected chi connectivity index (χ2v) is 4.87. The first-order valence-electron chi connectivity index (χ1n) is 6.31. The van der Waals surface area contributed by atoms with Crippen LogP contribution >= 0.6 is 0 Å². The average Bonchev–Trinajstić information content (AvgIpc) is 2.64. The van der Waals surface area contributed by atoms with E-state index in [0.717, 1.165) is 33.5 Å². The predicted molar refractivity (Wildman–Crippen MR) is 75.0 cm³/mol. The smallest absolute Gasteiger partial charge is 0.305 e. The van der Waals surface area contributed by atoms with Crippen molar-refractivity contribution in [2.24, 2.45) is 0 Å². The summed E-state index contributed by atoms with van der Waals surface area (Å²) >= 11 is 0. The summed E-state index contributed by atoms with van der Waals surface area (Å²) in [6, 6.07) is 4.16. The van der Waals surface area contributed by atoms with Crippen LogP contribution in [0.15, 0.2) is 12.1 Å². The van der Waals surface area contributed by atoms with Crippen molar-refractivity contribution in [3.63, 3.8) is 0 Å². The second kappa shape index (κ2) is 4.96. The Labute approximate surface area is 112 Å². The van der Waals surface area contributed by atoms with Gasteiger partial charge in [0.1, 0.15) is 5.75 Å². The fraction of sp³-hybridized carbons (Fsp3) is 0.400. The van der Waals surface area contributed by atoms with Crippen LogP contribution in [-0.4, -0.2) is 22.8 Å². The van der Waals surface area contributed by atoms with Gasteiger partial charge in [-0.2, -0.15) is 0 Å². The lowest BCUT2D eigenvalue weighted by Crippen LogP contribution is -2.06. The van der Waals surface area contributed by atoms with Crippen molar-refractivity contribution in [1.29, 1.82) is 0 Å². The zero-order chi connectivity index (χ0) is 14.2. The maximum Gasteiger partial charge on any atom is 0.305 e. The fourth-order valence-electron chi connectivity index (χ4n) is 2.50. The van der Waals surface area contributed by atoms with Crippen molar-refractivity contribution in [3.05, 3.63) is 29.0 Å². The zero-order valence-electron chi connectivity index (χ0n) is 11.8. The maximum absolute atomic E-state index is 10.7. The molecular formula is C15H19NO3. The van der Waals surface area contributed by atoms with Crippen molar-refractivity contribution < 1.29 is 14.6 Å². The highest BCUT2D eigenvalue weighted by atomic mass is 16.5. The molecule has 0 spiro atoms. The van der Waals surface area contributed by atoms with Crippen molar-refractivity contribution in [1.82, 2.24) is 4.57 Å². The van der Waals surface area contributed by atoms with Crippen LogP contribution in [0.4, 0.5) is 0 Å². The molecule has 0 atom stereocenters. The van der Waals surface area contributed by atoms with E-state index >= 15 is 0 Å². The number of hydrogen-bond donors (Lipinski definition) is 1. The van der Waals surface area contributed by atoms with Crippen LogP contribution in [0.1, 0.15) is 23.2 Å². The van der Waals surface area contributed by atoms with Gasteiger partial charge in [-0.25, -0.2) is 0 Å². The molecule has 0 bridgehead atoms. The number of ether oxygens (including phenoxy) is 1. The summed E-state index contributed by atoms with van der Waals surface area (Å²) in [6.07, 6.45) is 0.125. The lowest BCUT2D eigenvalue weighted by molar-refractivity contribution is -0.137. The number of methoxy groups -OCH3 is 1. The van der Waals surface area contributed by atoms with Crippen molar-refractivity contribution in [2.45, 2.75) is 33.7 Å². The standard InChI is InChI=1S/C15H19NO3/c1-9-7-13-12(15(19-4)11(9)3)8-10(2)16(13)6-5-14(17)18/h7-8H,5-6H2,1-4H3,(H,17,18). The van der Waals surface area contributed by atoms with E-state index < -0.39 is 5.97 Å². The van der Waals surface area contributed by atoms with Crippen molar-refractivity contribution in [2.75, 3.05) is 7.11 Å². The molecule has 4 nitrogen and oxygen atoms in total. The van der Waals surface area contributed by atoms with E-state index in [9.17, 15) is 4.79 Å². The molecule has 0 amide bonds. The van der Waals surface area contributed by atoms with Crippen LogP contribution in [0.25, 0.3) is 10.9 Å². The molecule has 1 aromatic carbocycles. The van der Waals surface area contributed by atoms with Gasteiger partial charge in [-0.15, -0.1) is 0 Å². The Hall–Kier alpha value is -1.97. The largest absolute Gasteiger partial charge is 0.496 e. The van der Waals surface area contributed by atoms with Gasteiger partial charge in [-0.3, -0.25) is 4.79 Å². The van der Waals surface area contributed by atoms with Gasteiger partial charge in [0.25, 0.3) is 0 Å². The second-order valence-electron chi connectivity index (χ2n) is 4.87. The number of fused-ring (bicyclic) bond motifs is 1. The number of carboxylic acids is 1. The molecule has 0 aliphatic heterocycles. The van der Waals surface area contributed by atoms with E-state index in [-0.39, 0.29) is 6.42 Å². The van der Waals surface area contributed by atoms with Crippen LogP contribution in [0.2, 0.25) is 0 Å². The normalized spacial score (nSPS) is 10.9. The minimum atomic E-state index is -0.781. The van der Waals surface area contributed by atoms with Gasteiger partial charge >= 0.3 is 5.97 Å². The first kappa shape index (κ1) is 13.5. The van der Waals surface area contributed by atoms with Gasteiger partial charge in [0.05, 0.1) is 19.0 Å². The SMILES string of the molecule is COc1c(C)c(C)cc2c1cc(C)n2CCC(=O)O. The van der Waals surface area contributed by atoms with Gasteiger partial charge in [-0.1, -0.05) is 0 Å². The fourth-order valence-corrected chi connectivity index (χ4v) is 2.50. The highest BCUT2D eigenvalue weighted by Crippen LogP contribution is 2.34. The molecule has 4 heteroatoms. The number of aromatic nitrogens is 1. The lowest BCUT2D eigenvalue weighted by Gasteiger charge is -2.11. The molecule has 0 saturated carbocycles. The highest BCUT2D eigenvalue weighted by molar-refractivity contribution is 5.90. The summed E-state index contributed by atoms with van der Waals surface area (Å²) < 4.78 is 7.54. The monoisotopic (exact) mass is 261 g/mol. The van der Waals surface area contributed by atoms with Gasteiger partial charge in [0.15, 0.2) is 0 Å². The quantitative estimate of drug-likeness (QED) is 0.920. The molecule has 1 heterocycles. The maximum atomic E-state index is 10.7. The minimum Gasteiger partial charge on any atom is -0.496 e. The number of benzene rings is 1. The molecule has 1 aromatic heterocycles. The van der Waals surface area contributed by atoms with Crippen LogP contribution in [0, 0.1) is 20.8 Å². The number of carboxylic acid groups (broad SMARTS) is 1. The third kappa shape index (κ3) is 2.30. The van der Waals surface area contributed by atoms with E-state index in [1.165, 1.54) is 0 Å². The molecular weight excluding hydrogens is 242 g/mol. The molecule has 0 fully saturated rings. The molecule has 102 valence electrons. The molecule has 1 N–H and O–H groups in total. The number of aryl methyl sites for hydroxylation is 3. The Morgan fingerprint density at radius 3 is 2.58 bits per heavy atom. The van der Waals surface area contributed by atoms with E-state index in [1.54, 1.807) is 7.11 Å². The third-order valence-electron chi connectivity index (χ3n) is 3.63. The Morgan fingerprint density at radius 1 is 1.32 bits per heavy atom. The summed E-state index contributed by atoms with van der Waals surface area (Å²) in [5.74, 6) is 0.101. The van der Waals surface area contributed by atoms with Crippen LogP contribution in [0.5, 0.6) is 5.75 Å². The first-order valence-corrected chi connectivity index (χ1v) is 6.31. The van der Waals surface area contributed by atoms with Crippen molar-refractivity contribution >= 4 is 16.9 Å². The van der Waals surface area contributed by atoms with Crippen molar-refractivity contribution in [3.8, 4) is 5.75 Å². The van der Waals surface area contributed by atoms with Gasteiger partial charge in [0, 0.05) is 17.6 Å². The lowest BCUT2D eigenvalue weighted by atomic mass is 10.1. The van der Waals surface area contributed by atoms with E-state index in [0.29, 0.717) is 6.54 Å². The Morgan fingerprint density at radius 2 is 2.00 bits per heavy atom. The van der Waals surface area contributed by atoms with Gasteiger partial charge in [0.2, 0.25) is 0 Å². The van der Waals surface area contributed by atoms with Crippen LogP contribution in [0.3, 0.4) is 0 Å². The molecule has 0 saturated heterocycles. The van der Waals surface area contributed by atoms with Gasteiger partial charge in [-0.05, 0) is 44.0 Å². The third-order valence-corrected chi connectivity index (χ3v) is 3.63. The molecule has 0 aliphatic carbocycles. The topological polar surface area (TPSA) is 51.5 Å². The summed E-state index contributed by atoms with van der Waals surface area (Å²) in [5, 5.41) is 9.89. The molecule has 19 heavy (non-hydrogen) atoms. The number of nitrogens with zero attached hydrogens (tertiary/aromatic N) is 1. The number of carbonyl (C=O) groups is 1. The summed E-state index contributed by atoms with van der Waals surface area (Å²) in [5.41, 5.74) is 4.38. The predicted octanol–water partition coefficient (Wildman–Crippen LogP) is 3.05. The summed E-state index contributed by atoms with van der Waals surface area (Å²) in [4.78, 5) is 10.7. The first-order chi connectivity index (χ1) is 8.95. The summed E-state index contributed by atoms with van der Waals surface area (Å²) in [7, 11) is 1.67. The highest BCUT2D eigenvalue weighted by Gasteiger charge is 2.14. The Balaban J connectivity index is 2.63. The van der Waals surface area contributed by atoms with E-state index in [4.69, 9.17) is 9.84 Å². The minimum absolute atomic E-state index is 0.125. The van der Waals surface area contributed by atoms with Crippen LogP contribution < -0.4 is 4.74 Å². The average molecular weight is 261 g/mol. The number of hydrogen-bond acceptors (Lipinski definition) is 2. The number of rotatable bonds is 4. The molecule has 0 radical (unpaired) electrons. The number of aliphatic carboxylic acids is 1. The van der Waals surface area contributed by atoms with Crippen LogP contribution in [-0.2, 0) is 11.3 Å². The molecule has 0 unspecified atom stereocenters. The Kier molecular flexibility index (Phi) is 3.51. The summed E-state index contributed by atoms with van der Waals surface area (Å²) in [6.45, 7) is 6.56. The van der Waals surface area contributed by atoms with E-state index in [2.05, 4.69) is 12.1 Å². The Bertz CT molecular complexity index is 641.